The van der Waals surface area contributed by atoms with E-state index >= 15 is 0 Å². The van der Waals surface area contributed by atoms with Crippen LogP contribution in [0.15, 0.2) is 0 Å². The average Bonchev–Trinajstić information content (AvgIpc) is 0.722. The van der Waals surface area contributed by atoms with E-state index in [1.807, 2.05) is 0 Å². The minimum Gasteiger partial charge on any atom is -0.239 e. The lowest BCUT2D eigenvalue weighted by molar-refractivity contribution is 0.611. The zero-order valence-electron chi connectivity index (χ0n) is 3.80. The number of nitrogens with two attached hydrogens (primary N) is 1. The number of hydrogen-bond donors (Lipinski definition) is 1. The third-order valence-electron chi connectivity index (χ3n) is 0. The van der Waals surface area contributed by atoms with E-state index in [2.05, 4.69) is 5.14 Å². The lowest BCUT2D eigenvalue weighted by atomic mass is 10.8. The van der Waals surface area contributed by atoms with Crippen LogP contribution in [-0.2, 0) is 9.87 Å². The van der Waals surface area contributed by atoms with E-state index in [0.29, 0.717) is 0 Å². The first-order valence-electron chi connectivity index (χ1n) is 0.977. The molecule has 5 heavy (non-hydrogen) atoms. The summed E-state index contributed by atoms with van der Waals surface area (Å²) in [5.41, 5.74) is 0. The second kappa shape index (κ2) is 0.985. The second-order valence-electron chi connectivity index (χ2n) is 0.830. The van der Waals surface area contributed by atoms with Gasteiger partial charge >= 0.3 is 1.43 Å². The Hall–Kier alpha value is -0.0251. The Kier molecular flexibility index (Phi) is 0.980. The molecule has 0 radical (unpaired) electrons. The number of hydrogen-bond acceptors (Lipinski definition) is 2. The highest BCUT2D eigenvalue weighted by Gasteiger charge is 1.80. The highest BCUT2D eigenvalue weighted by atomic mass is 32.2. The molecular formula is H5BNO2S+. The van der Waals surface area contributed by atoms with Gasteiger partial charge in [-0.3, -0.25) is 0 Å². The summed E-state index contributed by atoms with van der Waals surface area (Å²) in [6.07, 6.45) is 0. The molecule has 0 saturated heterocycles. The summed E-state index contributed by atoms with van der Waals surface area (Å²) >= 11 is 0. The summed E-state index contributed by atoms with van der Waals surface area (Å²) in [4.78, 5) is 0. The standard InChI is InChI=1S/BH4NO2S/c1-5(2,3)4/h1H2,(H2,2,3,4)/p+1. The summed E-state index contributed by atoms with van der Waals surface area (Å²) in [5.74, 6) is 0. The van der Waals surface area contributed by atoms with Crippen LogP contribution in [0.5, 0.6) is 0 Å². The molecule has 0 amide bonds. The molecule has 0 rings (SSSR count). The smallest absolute Gasteiger partial charge is 0.239 e. The van der Waals surface area contributed by atoms with Crippen LogP contribution in [0.3, 0.4) is 0 Å². The lowest BCUT2D eigenvalue weighted by Gasteiger charge is -1.71. The first-order chi connectivity index (χ1) is 2.00. The van der Waals surface area contributed by atoms with Gasteiger partial charge in [0.15, 0.2) is 9.87 Å². The molecule has 0 aliphatic carbocycles. The predicted octanol–water partition coefficient (Wildman–Crippen LogP) is -2.06. The SMILES string of the molecule is BS(N)(=O)=O.[H+]. The summed E-state index contributed by atoms with van der Waals surface area (Å²) in [6.45, 7) is 0. The fourth-order valence-electron chi connectivity index (χ4n) is 0. The van der Waals surface area contributed by atoms with Gasteiger partial charge in [-0.25, -0.2) is 13.6 Å². The van der Waals surface area contributed by atoms with Crippen LogP contribution in [-0.4, -0.2) is 15.5 Å². The lowest BCUT2D eigenvalue weighted by Crippen LogP contribution is -2.09. The Morgan fingerprint density at radius 1 is 1.80 bits per heavy atom. The summed E-state index contributed by atoms with van der Waals surface area (Å²) in [5, 5.41) is 4.33. The topological polar surface area (TPSA) is 60.2 Å². The van der Waals surface area contributed by atoms with E-state index < -0.39 is 9.87 Å². The second-order valence-corrected chi connectivity index (χ2v) is 2.49. The third kappa shape index (κ3) is 24700. The average molecular weight is 93.9 g/mol. The van der Waals surface area contributed by atoms with Crippen molar-refractivity contribution in [3.05, 3.63) is 0 Å². The van der Waals surface area contributed by atoms with Gasteiger partial charge < -0.3 is 0 Å². The zero-order valence-corrected chi connectivity index (χ0v) is 3.62. The van der Waals surface area contributed by atoms with Crippen molar-refractivity contribution < 1.29 is 9.84 Å². The first-order valence-corrected chi connectivity index (χ1v) is 2.93. The Labute approximate surface area is 33.0 Å². The first kappa shape index (κ1) is 4.97. The normalized spacial score (nSPS) is 11.4. The quantitative estimate of drug-likeness (QED) is 0.350. The van der Waals surface area contributed by atoms with Crippen LogP contribution in [0, 0.1) is 0 Å². The summed E-state index contributed by atoms with van der Waals surface area (Å²) < 4.78 is 18.8. The molecule has 0 saturated carbocycles. The van der Waals surface area contributed by atoms with Crippen LogP contribution < -0.4 is 5.14 Å². The van der Waals surface area contributed by atoms with E-state index in [9.17, 15) is 8.42 Å². The summed E-state index contributed by atoms with van der Waals surface area (Å²) in [6, 6.07) is 0. The molecule has 0 unspecified atom stereocenters. The Morgan fingerprint density at radius 2 is 1.80 bits per heavy atom. The van der Waals surface area contributed by atoms with E-state index in [4.69, 9.17) is 0 Å². The molecule has 0 aromatic rings. The van der Waals surface area contributed by atoms with Gasteiger partial charge in [0, 0.05) is 0 Å². The van der Waals surface area contributed by atoms with Crippen molar-refractivity contribution in [2.75, 3.05) is 0 Å². The zero-order chi connectivity index (χ0) is 4.50. The van der Waals surface area contributed by atoms with Crippen molar-refractivity contribution in [3.63, 3.8) is 0 Å². The minimum absolute atomic E-state index is 0. The summed E-state index contributed by atoms with van der Waals surface area (Å²) in [7, 11) is -2.23. The van der Waals surface area contributed by atoms with Gasteiger partial charge in [-0.05, 0) is 0 Å². The molecule has 0 aromatic heterocycles. The van der Waals surface area contributed by atoms with Gasteiger partial charge in [-0.2, -0.15) is 0 Å². The molecule has 0 fully saturated rings. The fraction of sp³-hybridized carbons (Fsp3) is 0. The minimum atomic E-state index is -3.17. The molecule has 2 N–H and O–H groups in total. The van der Waals surface area contributed by atoms with Gasteiger partial charge in [0.05, 0.1) is 0 Å². The molecule has 30 valence electrons. The van der Waals surface area contributed by atoms with Crippen LogP contribution in [0.25, 0.3) is 0 Å². The van der Waals surface area contributed by atoms with Crippen molar-refractivity contribution in [1.82, 2.24) is 0 Å². The maximum Gasteiger partial charge on any atom is 1.00 e. The molecule has 0 spiro atoms. The molecule has 3 nitrogen and oxygen atoms in total. The van der Waals surface area contributed by atoms with Crippen LogP contribution in [0.2, 0.25) is 0 Å². The predicted molar refractivity (Wildman–Crippen MR) is 22.8 cm³/mol. The molecule has 0 heterocycles. The monoisotopic (exact) mass is 94.0 g/mol. The molecule has 0 aliphatic heterocycles. The third-order valence-corrected chi connectivity index (χ3v) is 0. The van der Waals surface area contributed by atoms with Crippen molar-refractivity contribution in [3.8, 4) is 0 Å². The molecule has 0 bridgehead atoms. The van der Waals surface area contributed by atoms with Gasteiger partial charge in [-0.1, -0.05) is 0 Å². The van der Waals surface area contributed by atoms with Crippen molar-refractivity contribution >= 4 is 17.0 Å². The van der Waals surface area contributed by atoms with Crippen molar-refractivity contribution in [2.24, 2.45) is 5.14 Å². The van der Waals surface area contributed by atoms with Gasteiger partial charge in [0.25, 0.3) is 7.12 Å². The van der Waals surface area contributed by atoms with E-state index in [1.165, 1.54) is 0 Å². The molecule has 0 aromatic carbocycles. The maximum atomic E-state index is 9.41. The highest BCUT2D eigenvalue weighted by molar-refractivity contribution is 8.10. The van der Waals surface area contributed by atoms with Crippen LogP contribution in [0.1, 0.15) is 1.43 Å². The molecule has 0 atom stereocenters. The van der Waals surface area contributed by atoms with Crippen molar-refractivity contribution in [2.45, 2.75) is 0 Å². The Morgan fingerprint density at radius 3 is 1.80 bits per heavy atom. The van der Waals surface area contributed by atoms with E-state index in [1.54, 1.807) is 0 Å². The van der Waals surface area contributed by atoms with Gasteiger partial charge in [0.1, 0.15) is 0 Å². The van der Waals surface area contributed by atoms with E-state index in [-0.39, 0.29) is 1.43 Å². The molecule has 0 aliphatic rings. The Balaban J connectivity index is 0. The van der Waals surface area contributed by atoms with Crippen molar-refractivity contribution in [1.29, 1.82) is 0 Å². The maximum absolute atomic E-state index is 9.41. The Bertz CT molecular complexity index is 96.7. The largest absolute Gasteiger partial charge is 1.00 e. The fourth-order valence-corrected chi connectivity index (χ4v) is 0. The highest BCUT2D eigenvalue weighted by Crippen LogP contribution is 1.48. The number of rotatable bonds is 0. The van der Waals surface area contributed by atoms with E-state index in [0.717, 1.165) is 7.12 Å². The molecular weight excluding hydrogens is 88.9 g/mol. The van der Waals surface area contributed by atoms with Crippen LogP contribution in [0.4, 0.5) is 0 Å². The van der Waals surface area contributed by atoms with Crippen LogP contribution >= 0.6 is 0 Å². The van der Waals surface area contributed by atoms with Gasteiger partial charge in [-0.15, -0.1) is 0 Å². The molecule has 5 heteroatoms. The van der Waals surface area contributed by atoms with Gasteiger partial charge in [0.2, 0.25) is 0 Å².